The van der Waals surface area contributed by atoms with Gasteiger partial charge >= 0.3 is 6.36 Å². The standard InChI is InChI=1S/C15H12F3N3O4S/c1-7-14(26-25-23-2)21-12(19-7)6-10-9-5-8(24-15(16,17)18)3-4-11(9)20-13(10)22/h3-6H,1-2H3,(H,19,21)(H,20,22). The molecule has 11 heteroatoms. The van der Waals surface area contributed by atoms with Crippen LogP contribution in [0.3, 0.4) is 0 Å². The second-order valence-corrected chi connectivity index (χ2v) is 5.83. The van der Waals surface area contributed by atoms with Crippen LogP contribution in [0, 0.1) is 6.92 Å². The molecule has 3 rings (SSSR count). The number of benzene rings is 1. The highest BCUT2D eigenvalue weighted by Gasteiger charge is 2.32. The summed E-state index contributed by atoms with van der Waals surface area (Å²) < 4.78 is 45.9. The van der Waals surface area contributed by atoms with Gasteiger partial charge in [-0.1, -0.05) is 0 Å². The molecule has 0 saturated heterocycles. The molecule has 0 saturated carbocycles. The van der Waals surface area contributed by atoms with Gasteiger partial charge in [0.2, 0.25) is 0 Å². The molecule has 1 aromatic carbocycles. The van der Waals surface area contributed by atoms with Crippen molar-refractivity contribution in [3.63, 3.8) is 0 Å². The molecule has 0 fully saturated rings. The minimum atomic E-state index is -4.82. The summed E-state index contributed by atoms with van der Waals surface area (Å²) in [4.78, 5) is 23.8. The summed E-state index contributed by atoms with van der Waals surface area (Å²) in [5.74, 6) is -0.538. The molecule has 2 heterocycles. The molecule has 26 heavy (non-hydrogen) atoms. The molecule has 7 nitrogen and oxygen atoms in total. The fourth-order valence-electron chi connectivity index (χ4n) is 2.33. The van der Waals surface area contributed by atoms with E-state index < -0.39 is 18.0 Å². The Morgan fingerprint density at radius 2 is 2.08 bits per heavy atom. The van der Waals surface area contributed by atoms with E-state index in [2.05, 4.69) is 24.9 Å². The number of H-pyrrole nitrogens is 1. The van der Waals surface area contributed by atoms with Crippen molar-refractivity contribution >= 4 is 35.3 Å². The van der Waals surface area contributed by atoms with Gasteiger partial charge in [-0.25, -0.2) is 9.87 Å². The van der Waals surface area contributed by atoms with Crippen molar-refractivity contribution in [3.05, 3.63) is 35.3 Å². The first-order chi connectivity index (χ1) is 12.3. The fraction of sp³-hybridized carbons (Fsp3) is 0.200. The summed E-state index contributed by atoms with van der Waals surface area (Å²) in [6.07, 6.45) is -3.39. The summed E-state index contributed by atoms with van der Waals surface area (Å²) in [6.45, 7) is 1.74. The lowest BCUT2D eigenvalue weighted by Gasteiger charge is -2.09. The van der Waals surface area contributed by atoms with Crippen LogP contribution in [0.25, 0.3) is 11.6 Å². The molecule has 0 aliphatic carbocycles. The van der Waals surface area contributed by atoms with Gasteiger partial charge in [0.1, 0.15) is 16.6 Å². The topological polar surface area (TPSA) is 85.5 Å². The van der Waals surface area contributed by atoms with Crippen LogP contribution in [0.1, 0.15) is 17.1 Å². The van der Waals surface area contributed by atoms with E-state index >= 15 is 0 Å². The Hall–Kier alpha value is -2.50. The van der Waals surface area contributed by atoms with E-state index in [1.54, 1.807) is 6.92 Å². The van der Waals surface area contributed by atoms with Crippen LogP contribution < -0.4 is 10.1 Å². The molecule has 0 unspecified atom stereocenters. The van der Waals surface area contributed by atoms with E-state index in [9.17, 15) is 18.0 Å². The van der Waals surface area contributed by atoms with Crippen LogP contribution in [0.15, 0.2) is 23.2 Å². The average Bonchev–Trinajstić information content (AvgIpc) is 3.04. The molecule has 1 aromatic heterocycles. The third kappa shape index (κ3) is 4.00. The number of hydrogen-bond donors (Lipinski definition) is 2. The molecule has 0 bridgehead atoms. The van der Waals surface area contributed by atoms with Gasteiger partial charge in [0.25, 0.3) is 5.91 Å². The van der Waals surface area contributed by atoms with Crippen LogP contribution in [0.2, 0.25) is 0 Å². The van der Waals surface area contributed by atoms with Gasteiger partial charge < -0.3 is 15.0 Å². The van der Waals surface area contributed by atoms with Crippen molar-refractivity contribution in [2.45, 2.75) is 18.3 Å². The maximum Gasteiger partial charge on any atom is 0.573 e. The fourth-order valence-corrected chi connectivity index (χ4v) is 2.77. The Morgan fingerprint density at radius 1 is 1.31 bits per heavy atom. The van der Waals surface area contributed by atoms with Gasteiger partial charge in [-0.05, 0) is 31.2 Å². The minimum Gasteiger partial charge on any atom is -0.406 e. The van der Waals surface area contributed by atoms with Gasteiger partial charge in [0.15, 0.2) is 0 Å². The predicted octanol–water partition coefficient (Wildman–Crippen LogP) is 3.69. The van der Waals surface area contributed by atoms with Crippen molar-refractivity contribution < 1.29 is 31.9 Å². The van der Waals surface area contributed by atoms with Crippen molar-refractivity contribution in [3.8, 4) is 5.75 Å². The first-order valence-electron chi connectivity index (χ1n) is 7.14. The number of aromatic amines is 1. The predicted molar refractivity (Wildman–Crippen MR) is 86.9 cm³/mol. The number of carbonyl (C=O) groups excluding carboxylic acids is 1. The highest BCUT2D eigenvalue weighted by atomic mass is 32.2. The van der Waals surface area contributed by atoms with Crippen molar-refractivity contribution in [1.29, 1.82) is 0 Å². The molecule has 2 N–H and O–H groups in total. The van der Waals surface area contributed by atoms with Crippen LogP contribution in [-0.4, -0.2) is 29.3 Å². The highest BCUT2D eigenvalue weighted by Crippen LogP contribution is 2.37. The number of carbonyl (C=O) groups is 1. The lowest BCUT2D eigenvalue weighted by atomic mass is 10.1. The van der Waals surface area contributed by atoms with Gasteiger partial charge in [0, 0.05) is 16.9 Å². The quantitative estimate of drug-likeness (QED) is 0.352. The van der Waals surface area contributed by atoms with Crippen LogP contribution in [0.5, 0.6) is 5.75 Å². The number of alkyl halides is 3. The maximum absolute atomic E-state index is 12.4. The number of aromatic nitrogens is 2. The Balaban J connectivity index is 1.93. The molecule has 0 radical (unpaired) electrons. The lowest BCUT2D eigenvalue weighted by Crippen LogP contribution is -2.17. The summed E-state index contributed by atoms with van der Waals surface area (Å²) in [7, 11) is 1.35. The monoisotopic (exact) mass is 387 g/mol. The molecule has 0 spiro atoms. The molecule has 1 aliphatic heterocycles. The van der Waals surface area contributed by atoms with Crippen LogP contribution >= 0.6 is 12.0 Å². The summed E-state index contributed by atoms with van der Waals surface area (Å²) >= 11 is 0.882. The van der Waals surface area contributed by atoms with E-state index in [1.165, 1.54) is 19.3 Å². The zero-order valence-electron chi connectivity index (χ0n) is 13.4. The number of halogens is 3. The van der Waals surface area contributed by atoms with E-state index in [-0.39, 0.29) is 11.1 Å². The number of nitrogens with one attached hydrogen (secondary N) is 2. The van der Waals surface area contributed by atoms with Gasteiger partial charge in [0.05, 0.1) is 24.7 Å². The Morgan fingerprint density at radius 3 is 2.77 bits per heavy atom. The van der Waals surface area contributed by atoms with Crippen molar-refractivity contribution in [2.75, 3.05) is 12.4 Å². The minimum absolute atomic E-state index is 0.158. The zero-order valence-corrected chi connectivity index (χ0v) is 14.2. The number of rotatable bonds is 5. The number of anilines is 1. The second kappa shape index (κ2) is 7.02. The normalized spacial score (nSPS) is 15.3. The van der Waals surface area contributed by atoms with E-state index in [4.69, 9.17) is 4.33 Å². The van der Waals surface area contributed by atoms with Crippen LogP contribution in [0.4, 0.5) is 18.9 Å². The number of fused-ring (bicyclic) bond motifs is 1. The summed E-state index contributed by atoms with van der Waals surface area (Å²) in [5, 5.41) is 3.07. The SMILES string of the molecule is COOSc1nc(C=C2C(=O)Nc3ccc(OC(F)(F)F)cc32)[nH]c1C. The molecule has 138 valence electrons. The Labute approximate surface area is 149 Å². The second-order valence-electron chi connectivity index (χ2n) is 5.14. The first-order valence-corrected chi connectivity index (χ1v) is 7.88. The lowest BCUT2D eigenvalue weighted by molar-refractivity contribution is -0.274. The number of hydrogen-bond acceptors (Lipinski definition) is 6. The number of nitrogens with zero attached hydrogens (tertiary/aromatic N) is 1. The van der Waals surface area contributed by atoms with Gasteiger partial charge in [-0.15, -0.1) is 13.2 Å². The Kier molecular flexibility index (Phi) is 4.94. The van der Waals surface area contributed by atoms with Gasteiger partial charge in [-0.3, -0.25) is 4.79 Å². The number of amides is 1. The number of aryl methyl sites for hydroxylation is 1. The van der Waals surface area contributed by atoms with Crippen molar-refractivity contribution in [1.82, 2.24) is 9.97 Å². The molecular formula is C15H12F3N3O4S. The maximum atomic E-state index is 12.4. The molecule has 0 atom stereocenters. The largest absolute Gasteiger partial charge is 0.573 e. The van der Waals surface area contributed by atoms with Gasteiger partial charge in [-0.2, -0.15) is 4.33 Å². The third-order valence-corrected chi connectivity index (χ3v) is 4.09. The molecule has 1 aliphatic rings. The van der Waals surface area contributed by atoms with E-state index in [1.807, 2.05) is 0 Å². The number of imidazole rings is 1. The third-order valence-electron chi connectivity index (χ3n) is 3.33. The number of ether oxygens (including phenoxy) is 1. The smallest absolute Gasteiger partial charge is 0.406 e. The molecule has 1 amide bonds. The average molecular weight is 387 g/mol. The van der Waals surface area contributed by atoms with E-state index in [0.29, 0.717) is 22.2 Å². The zero-order chi connectivity index (χ0) is 18.9. The van der Waals surface area contributed by atoms with E-state index in [0.717, 1.165) is 24.2 Å². The van der Waals surface area contributed by atoms with Crippen LogP contribution in [-0.2, 0) is 14.0 Å². The first kappa shape index (κ1) is 18.3. The highest BCUT2D eigenvalue weighted by molar-refractivity contribution is 7.94. The summed E-state index contributed by atoms with van der Waals surface area (Å²) in [5.41, 5.74) is 1.50. The molecule has 2 aromatic rings. The Bertz CT molecular complexity index is 880. The molecular weight excluding hydrogens is 375 g/mol. The summed E-state index contributed by atoms with van der Waals surface area (Å²) in [6, 6.07) is 3.62. The van der Waals surface area contributed by atoms with Crippen molar-refractivity contribution in [2.24, 2.45) is 0 Å².